The highest BCUT2D eigenvalue weighted by Crippen LogP contribution is 2.49. The Balaban J connectivity index is 2.18. The van der Waals surface area contributed by atoms with Gasteiger partial charge in [0.25, 0.3) is 0 Å². The van der Waals surface area contributed by atoms with Gasteiger partial charge in [0.1, 0.15) is 0 Å². The molecule has 1 aliphatic rings. The zero-order valence-corrected chi connectivity index (χ0v) is 17.8. The molecule has 0 bridgehead atoms. The van der Waals surface area contributed by atoms with Crippen molar-refractivity contribution in [1.82, 2.24) is 0 Å². The molecule has 0 saturated carbocycles. The Hall–Kier alpha value is -1.86. The van der Waals surface area contributed by atoms with Crippen molar-refractivity contribution in [2.24, 2.45) is 5.92 Å². The second kappa shape index (κ2) is 7.64. The fraction of sp³-hybridized carbons (Fsp3) is 0.462. The summed E-state index contributed by atoms with van der Waals surface area (Å²) < 4.78 is 0. The lowest BCUT2D eigenvalue weighted by atomic mass is 9.74. The van der Waals surface area contributed by atoms with Gasteiger partial charge in [0.05, 0.1) is 5.60 Å². The van der Waals surface area contributed by atoms with Gasteiger partial charge in [-0.3, -0.25) is 0 Å². The summed E-state index contributed by atoms with van der Waals surface area (Å²) in [4.78, 5) is 0. The summed E-state index contributed by atoms with van der Waals surface area (Å²) in [5.74, 6) is 0.832. The molecule has 3 rings (SSSR count). The topological polar surface area (TPSA) is 20.2 Å². The Morgan fingerprint density at radius 1 is 1.00 bits per heavy atom. The fourth-order valence-corrected chi connectivity index (χ4v) is 4.81. The molecule has 2 aromatic rings. The summed E-state index contributed by atoms with van der Waals surface area (Å²) in [5.41, 5.74) is 9.08. The van der Waals surface area contributed by atoms with Gasteiger partial charge in [0, 0.05) is 5.92 Å². The smallest absolute Gasteiger partial charge is 0.0594 e. The first-order chi connectivity index (χ1) is 12.7. The molecule has 1 aliphatic carbocycles. The lowest BCUT2D eigenvalue weighted by Gasteiger charge is -2.32. The molecule has 0 saturated heterocycles. The molecule has 0 radical (unpaired) electrons. The number of fused-ring (bicyclic) bond motifs is 1. The molecule has 0 spiro atoms. The standard InChI is InChI=1S/C26H34O/c1-7-19-13-14-22-15-18(4)23(20(8-2)16-26(5,6)27)25(22)24(19)21-11-9-17(3)10-12-21/h9-15,20,23,27H,7-8,16H2,1-6H3/t20-,23?/m0/s1. The van der Waals surface area contributed by atoms with E-state index in [1.54, 1.807) is 0 Å². The van der Waals surface area contributed by atoms with Crippen LogP contribution in [0.15, 0.2) is 42.0 Å². The number of hydrogen-bond donors (Lipinski definition) is 1. The SMILES string of the molecule is CCc1ccc2c(c1-c1ccc(C)cc1)C([C@@H](CC)CC(C)(C)O)C(C)=C2. The van der Waals surface area contributed by atoms with Crippen LogP contribution >= 0.6 is 0 Å². The lowest BCUT2D eigenvalue weighted by molar-refractivity contribution is 0.0489. The molecule has 0 fully saturated rings. The molecule has 1 heteroatoms. The second-order valence-corrected chi connectivity index (χ2v) is 8.87. The number of aliphatic hydroxyl groups is 1. The molecule has 0 heterocycles. The highest BCUT2D eigenvalue weighted by Gasteiger charge is 2.35. The predicted octanol–water partition coefficient (Wildman–Crippen LogP) is 6.91. The van der Waals surface area contributed by atoms with Gasteiger partial charge in [-0.1, -0.05) is 73.9 Å². The Bertz CT molecular complexity index is 834. The van der Waals surface area contributed by atoms with Crippen LogP contribution in [-0.4, -0.2) is 10.7 Å². The summed E-state index contributed by atoms with van der Waals surface area (Å²) in [7, 11) is 0. The summed E-state index contributed by atoms with van der Waals surface area (Å²) in [6, 6.07) is 13.6. The average molecular weight is 363 g/mol. The van der Waals surface area contributed by atoms with Crippen LogP contribution in [0.25, 0.3) is 17.2 Å². The first-order valence-corrected chi connectivity index (χ1v) is 10.4. The highest BCUT2D eigenvalue weighted by molar-refractivity contribution is 5.81. The number of hydrogen-bond acceptors (Lipinski definition) is 1. The third kappa shape index (κ3) is 4.04. The maximum atomic E-state index is 10.5. The first kappa shape index (κ1) is 19.9. The third-order valence-corrected chi connectivity index (χ3v) is 6.03. The van der Waals surface area contributed by atoms with E-state index in [4.69, 9.17) is 0 Å². The van der Waals surface area contributed by atoms with Crippen molar-refractivity contribution in [1.29, 1.82) is 0 Å². The molecular weight excluding hydrogens is 328 g/mol. The number of aryl methyl sites for hydroxylation is 2. The monoisotopic (exact) mass is 362 g/mol. The normalized spacial score (nSPS) is 17.6. The van der Waals surface area contributed by atoms with Crippen LogP contribution in [0.2, 0.25) is 0 Å². The number of rotatable bonds is 6. The van der Waals surface area contributed by atoms with Gasteiger partial charge in [-0.05, 0) is 74.3 Å². The van der Waals surface area contributed by atoms with Gasteiger partial charge in [-0.15, -0.1) is 0 Å². The Labute approximate surface area is 165 Å². The van der Waals surface area contributed by atoms with Crippen LogP contribution in [0, 0.1) is 12.8 Å². The van der Waals surface area contributed by atoms with Crippen LogP contribution in [0.3, 0.4) is 0 Å². The molecule has 1 N–H and O–H groups in total. The Kier molecular flexibility index (Phi) is 5.63. The minimum atomic E-state index is -0.643. The van der Waals surface area contributed by atoms with Crippen LogP contribution in [0.1, 0.15) is 75.6 Å². The van der Waals surface area contributed by atoms with E-state index in [0.29, 0.717) is 11.8 Å². The minimum Gasteiger partial charge on any atom is -0.390 e. The van der Waals surface area contributed by atoms with Crippen molar-refractivity contribution < 1.29 is 5.11 Å². The molecule has 0 aromatic heterocycles. The minimum absolute atomic E-state index is 0.388. The zero-order chi connectivity index (χ0) is 19.8. The Morgan fingerprint density at radius 3 is 2.22 bits per heavy atom. The summed E-state index contributed by atoms with van der Waals surface area (Å²) in [6.07, 6.45) is 5.29. The van der Waals surface area contributed by atoms with Crippen molar-refractivity contribution in [3.05, 3.63) is 64.2 Å². The molecule has 27 heavy (non-hydrogen) atoms. The first-order valence-electron chi connectivity index (χ1n) is 10.4. The molecular formula is C26H34O. The van der Waals surface area contributed by atoms with Gasteiger partial charge in [-0.2, -0.15) is 0 Å². The molecule has 1 nitrogen and oxygen atoms in total. The van der Waals surface area contributed by atoms with E-state index in [9.17, 15) is 5.11 Å². The van der Waals surface area contributed by atoms with Crippen LogP contribution in [-0.2, 0) is 6.42 Å². The van der Waals surface area contributed by atoms with Crippen LogP contribution < -0.4 is 0 Å². The molecule has 1 unspecified atom stereocenters. The average Bonchev–Trinajstić information content (AvgIpc) is 2.94. The molecule has 0 aliphatic heterocycles. The zero-order valence-electron chi connectivity index (χ0n) is 17.8. The number of allylic oxidation sites excluding steroid dienone is 1. The van der Waals surface area contributed by atoms with E-state index in [-0.39, 0.29) is 0 Å². The fourth-order valence-electron chi connectivity index (χ4n) is 4.81. The quantitative estimate of drug-likeness (QED) is 0.592. The maximum absolute atomic E-state index is 10.5. The molecule has 0 amide bonds. The summed E-state index contributed by atoms with van der Waals surface area (Å²) >= 11 is 0. The largest absolute Gasteiger partial charge is 0.390 e. The van der Waals surface area contributed by atoms with E-state index in [2.05, 4.69) is 70.2 Å². The van der Waals surface area contributed by atoms with Gasteiger partial charge in [-0.25, -0.2) is 0 Å². The van der Waals surface area contributed by atoms with E-state index in [0.717, 1.165) is 19.3 Å². The number of benzene rings is 2. The third-order valence-electron chi connectivity index (χ3n) is 6.03. The molecule has 2 aromatic carbocycles. The van der Waals surface area contributed by atoms with Crippen molar-refractivity contribution in [3.63, 3.8) is 0 Å². The maximum Gasteiger partial charge on any atom is 0.0594 e. The summed E-state index contributed by atoms with van der Waals surface area (Å²) in [6.45, 7) is 12.8. The van der Waals surface area contributed by atoms with Crippen molar-refractivity contribution in [2.45, 2.75) is 72.3 Å². The van der Waals surface area contributed by atoms with Gasteiger partial charge < -0.3 is 5.11 Å². The molecule has 2 atom stereocenters. The Morgan fingerprint density at radius 2 is 1.67 bits per heavy atom. The van der Waals surface area contributed by atoms with Crippen molar-refractivity contribution in [2.75, 3.05) is 0 Å². The lowest BCUT2D eigenvalue weighted by Crippen LogP contribution is -2.26. The highest BCUT2D eigenvalue weighted by atomic mass is 16.3. The van der Waals surface area contributed by atoms with Crippen LogP contribution in [0.4, 0.5) is 0 Å². The van der Waals surface area contributed by atoms with Gasteiger partial charge >= 0.3 is 0 Å². The van der Waals surface area contributed by atoms with E-state index in [1.807, 2.05) is 13.8 Å². The van der Waals surface area contributed by atoms with Crippen molar-refractivity contribution >= 4 is 6.08 Å². The van der Waals surface area contributed by atoms with E-state index in [1.165, 1.54) is 39.0 Å². The van der Waals surface area contributed by atoms with Gasteiger partial charge in [0.15, 0.2) is 0 Å². The molecule has 144 valence electrons. The summed E-state index contributed by atoms with van der Waals surface area (Å²) in [5, 5.41) is 10.5. The van der Waals surface area contributed by atoms with Crippen molar-refractivity contribution in [3.8, 4) is 11.1 Å². The predicted molar refractivity (Wildman–Crippen MR) is 117 cm³/mol. The van der Waals surface area contributed by atoms with Crippen LogP contribution in [0.5, 0.6) is 0 Å². The second-order valence-electron chi connectivity index (χ2n) is 8.87. The van der Waals surface area contributed by atoms with E-state index >= 15 is 0 Å². The van der Waals surface area contributed by atoms with E-state index < -0.39 is 5.60 Å². The van der Waals surface area contributed by atoms with Gasteiger partial charge in [0.2, 0.25) is 0 Å².